The molecule has 0 fully saturated rings. The van der Waals surface area contributed by atoms with E-state index in [0.29, 0.717) is 19.8 Å². The second-order valence-corrected chi connectivity index (χ2v) is 2.13. The second-order valence-electron chi connectivity index (χ2n) is 2.13. The number of ether oxygens (including phenoxy) is 2. The fourth-order valence-electron chi connectivity index (χ4n) is 0.601. The molecule has 0 bridgehead atoms. The molecular weight excluding hydrogens is 130 g/mol. The maximum Gasteiger partial charge on any atom is 0.0781 e. The summed E-state index contributed by atoms with van der Waals surface area (Å²) in [5, 5.41) is 0. The Kier molecular flexibility index (Phi) is 6.91. The molecule has 0 saturated carbocycles. The van der Waals surface area contributed by atoms with Crippen molar-refractivity contribution in [2.45, 2.75) is 20.0 Å². The highest BCUT2D eigenvalue weighted by Gasteiger charge is 1.98. The highest BCUT2D eigenvalue weighted by molar-refractivity contribution is 4.46. The van der Waals surface area contributed by atoms with Crippen LogP contribution in [0.1, 0.15) is 13.8 Å². The van der Waals surface area contributed by atoms with Crippen molar-refractivity contribution in [2.24, 2.45) is 5.73 Å². The van der Waals surface area contributed by atoms with E-state index in [-0.39, 0.29) is 6.10 Å². The fraction of sp³-hybridized carbons (Fsp3) is 1.00. The minimum Gasteiger partial charge on any atom is -0.379 e. The van der Waals surface area contributed by atoms with Crippen molar-refractivity contribution >= 4 is 0 Å². The Labute approximate surface area is 62.5 Å². The van der Waals surface area contributed by atoms with E-state index in [1.54, 1.807) is 0 Å². The van der Waals surface area contributed by atoms with Crippen LogP contribution in [0.15, 0.2) is 0 Å². The van der Waals surface area contributed by atoms with E-state index in [9.17, 15) is 0 Å². The highest BCUT2D eigenvalue weighted by atomic mass is 16.5. The van der Waals surface area contributed by atoms with Gasteiger partial charge >= 0.3 is 0 Å². The summed E-state index contributed by atoms with van der Waals surface area (Å²) in [6.07, 6.45) is 0.170. The molecule has 0 spiro atoms. The summed E-state index contributed by atoms with van der Waals surface area (Å²) in [5.41, 5.74) is 5.24. The molecule has 2 N–H and O–H groups in total. The van der Waals surface area contributed by atoms with Gasteiger partial charge in [0.1, 0.15) is 0 Å². The van der Waals surface area contributed by atoms with Gasteiger partial charge in [0.25, 0.3) is 0 Å². The zero-order chi connectivity index (χ0) is 7.82. The number of hydrogen-bond acceptors (Lipinski definition) is 3. The highest BCUT2D eigenvalue weighted by Crippen LogP contribution is 1.90. The van der Waals surface area contributed by atoms with E-state index in [2.05, 4.69) is 0 Å². The first-order valence-corrected chi connectivity index (χ1v) is 3.70. The van der Waals surface area contributed by atoms with Gasteiger partial charge in [-0.3, -0.25) is 0 Å². The van der Waals surface area contributed by atoms with Crippen LogP contribution in [0, 0.1) is 0 Å². The summed E-state index contributed by atoms with van der Waals surface area (Å²) in [5.74, 6) is 0. The molecule has 0 aliphatic carbocycles. The maximum absolute atomic E-state index is 5.24. The van der Waals surface area contributed by atoms with Crippen LogP contribution in [0.5, 0.6) is 0 Å². The first-order chi connectivity index (χ1) is 4.81. The largest absolute Gasteiger partial charge is 0.379 e. The zero-order valence-electron chi connectivity index (χ0n) is 6.80. The first-order valence-electron chi connectivity index (χ1n) is 3.70. The molecule has 0 amide bonds. The van der Waals surface area contributed by atoms with E-state index in [0.717, 1.165) is 6.61 Å². The lowest BCUT2D eigenvalue weighted by Gasteiger charge is -2.11. The molecule has 0 rings (SSSR count). The van der Waals surface area contributed by atoms with Crippen molar-refractivity contribution in [1.29, 1.82) is 0 Å². The molecule has 1 unspecified atom stereocenters. The molecule has 10 heavy (non-hydrogen) atoms. The summed E-state index contributed by atoms with van der Waals surface area (Å²) in [7, 11) is 0. The lowest BCUT2D eigenvalue weighted by atomic mass is 10.4. The molecule has 1 atom stereocenters. The van der Waals surface area contributed by atoms with Gasteiger partial charge < -0.3 is 15.2 Å². The Morgan fingerprint density at radius 1 is 1.50 bits per heavy atom. The molecule has 0 heterocycles. The Balaban J connectivity index is 3.00. The second kappa shape index (κ2) is 6.99. The Bertz CT molecular complexity index is 60.6. The smallest absolute Gasteiger partial charge is 0.0781 e. The van der Waals surface area contributed by atoms with Gasteiger partial charge in [-0.2, -0.15) is 0 Å². The van der Waals surface area contributed by atoms with Gasteiger partial charge in [0, 0.05) is 13.2 Å². The third-order valence-corrected chi connectivity index (χ3v) is 1.08. The topological polar surface area (TPSA) is 44.5 Å². The Morgan fingerprint density at radius 3 is 2.70 bits per heavy atom. The molecule has 3 heteroatoms. The van der Waals surface area contributed by atoms with Crippen LogP contribution in [0.2, 0.25) is 0 Å². The van der Waals surface area contributed by atoms with Crippen LogP contribution in [0.3, 0.4) is 0 Å². The summed E-state index contributed by atoms with van der Waals surface area (Å²) in [6, 6.07) is 0. The maximum atomic E-state index is 5.24. The molecule has 62 valence electrons. The lowest BCUT2D eigenvalue weighted by Crippen LogP contribution is -2.20. The minimum atomic E-state index is 0.170. The molecule has 0 aliphatic rings. The van der Waals surface area contributed by atoms with Crippen LogP contribution in [0.4, 0.5) is 0 Å². The SMILES string of the molecule is CCOCC(C)OCCN. The standard InChI is InChI=1S/C7H17NO2/c1-3-9-6-7(2)10-5-4-8/h7H,3-6,8H2,1-2H3. The monoisotopic (exact) mass is 147 g/mol. The van der Waals surface area contributed by atoms with E-state index in [1.807, 2.05) is 13.8 Å². The van der Waals surface area contributed by atoms with Crippen LogP contribution < -0.4 is 5.73 Å². The van der Waals surface area contributed by atoms with E-state index in [1.165, 1.54) is 0 Å². The third kappa shape index (κ3) is 6.01. The van der Waals surface area contributed by atoms with Crippen molar-refractivity contribution in [2.75, 3.05) is 26.4 Å². The lowest BCUT2D eigenvalue weighted by molar-refractivity contribution is -0.0000366. The average molecular weight is 147 g/mol. The third-order valence-electron chi connectivity index (χ3n) is 1.08. The van der Waals surface area contributed by atoms with Crippen molar-refractivity contribution in [3.05, 3.63) is 0 Å². The molecule has 0 aromatic heterocycles. The fourth-order valence-corrected chi connectivity index (χ4v) is 0.601. The number of nitrogens with two attached hydrogens (primary N) is 1. The zero-order valence-corrected chi connectivity index (χ0v) is 6.80. The molecule has 0 aromatic rings. The van der Waals surface area contributed by atoms with Gasteiger partial charge in [-0.1, -0.05) is 0 Å². The van der Waals surface area contributed by atoms with Crippen molar-refractivity contribution in [1.82, 2.24) is 0 Å². The molecule has 0 radical (unpaired) electrons. The summed E-state index contributed by atoms with van der Waals surface area (Å²) >= 11 is 0. The van der Waals surface area contributed by atoms with E-state index in [4.69, 9.17) is 15.2 Å². The quantitative estimate of drug-likeness (QED) is 0.591. The molecular formula is C7H17NO2. The van der Waals surface area contributed by atoms with Gasteiger partial charge in [-0.05, 0) is 13.8 Å². The summed E-state index contributed by atoms with van der Waals surface area (Å²) in [4.78, 5) is 0. The molecule has 3 nitrogen and oxygen atoms in total. The van der Waals surface area contributed by atoms with Gasteiger partial charge in [-0.25, -0.2) is 0 Å². The van der Waals surface area contributed by atoms with Crippen LogP contribution in [0.25, 0.3) is 0 Å². The van der Waals surface area contributed by atoms with Crippen molar-refractivity contribution in [3.63, 3.8) is 0 Å². The van der Waals surface area contributed by atoms with Gasteiger partial charge in [-0.15, -0.1) is 0 Å². The molecule has 0 aliphatic heterocycles. The van der Waals surface area contributed by atoms with E-state index < -0.39 is 0 Å². The Morgan fingerprint density at radius 2 is 2.20 bits per heavy atom. The van der Waals surface area contributed by atoms with Crippen molar-refractivity contribution in [3.8, 4) is 0 Å². The minimum absolute atomic E-state index is 0.170. The number of rotatable bonds is 6. The first kappa shape index (κ1) is 9.88. The summed E-state index contributed by atoms with van der Waals surface area (Å²) in [6.45, 7) is 6.55. The van der Waals surface area contributed by atoms with Crippen molar-refractivity contribution < 1.29 is 9.47 Å². The summed E-state index contributed by atoms with van der Waals surface area (Å²) < 4.78 is 10.4. The van der Waals surface area contributed by atoms with Gasteiger partial charge in [0.2, 0.25) is 0 Å². The predicted molar refractivity (Wildman–Crippen MR) is 41.0 cm³/mol. The van der Waals surface area contributed by atoms with Gasteiger partial charge in [0.15, 0.2) is 0 Å². The molecule has 0 saturated heterocycles. The Hall–Kier alpha value is -0.120. The van der Waals surface area contributed by atoms with Crippen LogP contribution >= 0.6 is 0 Å². The normalized spacial score (nSPS) is 13.5. The predicted octanol–water partition coefficient (Wildman–Crippen LogP) is 0.387. The number of hydrogen-bond donors (Lipinski definition) is 1. The van der Waals surface area contributed by atoms with Crippen LogP contribution in [-0.2, 0) is 9.47 Å². The molecule has 0 aromatic carbocycles. The van der Waals surface area contributed by atoms with Gasteiger partial charge in [0.05, 0.1) is 19.3 Å². The van der Waals surface area contributed by atoms with E-state index >= 15 is 0 Å². The average Bonchev–Trinajstić information content (AvgIpc) is 1.97. The van der Waals surface area contributed by atoms with Crippen LogP contribution in [-0.4, -0.2) is 32.5 Å².